The van der Waals surface area contributed by atoms with Gasteiger partial charge in [-0.05, 0) is 24.6 Å². The molecule has 0 amide bonds. The van der Waals surface area contributed by atoms with Crippen molar-refractivity contribution >= 4 is 0 Å². The topological polar surface area (TPSA) is 38.1 Å². The van der Waals surface area contributed by atoms with E-state index in [1.54, 1.807) is 18.3 Å². The Bertz CT molecular complexity index is 450. The fourth-order valence-corrected chi connectivity index (χ4v) is 1.40. The third kappa shape index (κ3) is 2.90. The van der Waals surface area contributed by atoms with Crippen molar-refractivity contribution in [1.82, 2.24) is 10.3 Å². The zero-order chi connectivity index (χ0) is 11.4. The highest BCUT2D eigenvalue weighted by molar-refractivity contribution is 5.15. The van der Waals surface area contributed by atoms with E-state index in [9.17, 15) is 4.39 Å². The van der Waals surface area contributed by atoms with Crippen LogP contribution in [0.15, 0.2) is 34.9 Å². The zero-order valence-electron chi connectivity index (χ0n) is 9.03. The van der Waals surface area contributed by atoms with Gasteiger partial charge < -0.3 is 9.73 Å². The van der Waals surface area contributed by atoms with E-state index in [1.165, 1.54) is 12.1 Å². The Labute approximate surface area is 93.3 Å². The number of halogens is 1. The molecule has 0 radical (unpaired) electrons. The van der Waals surface area contributed by atoms with Crippen molar-refractivity contribution in [3.8, 4) is 0 Å². The summed E-state index contributed by atoms with van der Waals surface area (Å²) >= 11 is 0. The maximum Gasteiger partial charge on any atom is 0.208 e. The van der Waals surface area contributed by atoms with Crippen LogP contribution in [0, 0.1) is 12.7 Å². The van der Waals surface area contributed by atoms with E-state index in [0.717, 1.165) is 11.3 Å². The number of hydrogen-bond donors (Lipinski definition) is 1. The molecule has 16 heavy (non-hydrogen) atoms. The van der Waals surface area contributed by atoms with Gasteiger partial charge in [-0.3, -0.25) is 0 Å². The Kier molecular flexibility index (Phi) is 3.31. The smallest absolute Gasteiger partial charge is 0.208 e. The number of oxazole rings is 1. The summed E-state index contributed by atoms with van der Waals surface area (Å²) in [6.07, 6.45) is 1.69. The molecule has 0 saturated heterocycles. The van der Waals surface area contributed by atoms with Crippen LogP contribution >= 0.6 is 0 Å². The Morgan fingerprint density at radius 3 is 2.62 bits per heavy atom. The molecule has 0 bridgehead atoms. The van der Waals surface area contributed by atoms with Gasteiger partial charge in [0.05, 0.1) is 12.7 Å². The predicted octanol–water partition coefficient (Wildman–Crippen LogP) is 2.41. The number of hydrogen-bond acceptors (Lipinski definition) is 3. The van der Waals surface area contributed by atoms with Crippen LogP contribution in [0.2, 0.25) is 0 Å². The van der Waals surface area contributed by atoms with Crippen molar-refractivity contribution in [2.75, 3.05) is 0 Å². The highest BCUT2D eigenvalue weighted by Crippen LogP contribution is 2.04. The minimum absolute atomic E-state index is 0.216. The van der Waals surface area contributed by atoms with E-state index in [1.807, 2.05) is 6.92 Å². The normalized spacial score (nSPS) is 10.6. The van der Waals surface area contributed by atoms with Crippen LogP contribution < -0.4 is 5.32 Å². The van der Waals surface area contributed by atoms with Gasteiger partial charge >= 0.3 is 0 Å². The molecule has 1 aromatic heterocycles. The van der Waals surface area contributed by atoms with Gasteiger partial charge in [-0.1, -0.05) is 12.1 Å². The molecule has 0 fully saturated rings. The second-order valence-corrected chi connectivity index (χ2v) is 3.59. The average Bonchev–Trinajstić information content (AvgIpc) is 2.67. The first-order valence-corrected chi connectivity index (χ1v) is 5.10. The minimum Gasteiger partial charge on any atom is -0.445 e. The summed E-state index contributed by atoms with van der Waals surface area (Å²) < 4.78 is 17.9. The predicted molar refractivity (Wildman–Crippen MR) is 58.2 cm³/mol. The number of benzene rings is 1. The number of aromatic nitrogens is 1. The molecule has 0 aliphatic carbocycles. The Balaban J connectivity index is 1.82. The molecule has 4 heteroatoms. The summed E-state index contributed by atoms with van der Waals surface area (Å²) in [4.78, 5) is 4.07. The van der Waals surface area contributed by atoms with Crippen LogP contribution in [-0.4, -0.2) is 4.98 Å². The van der Waals surface area contributed by atoms with Gasteiger partial charge in [0.2, 0.25) is 5.89 Å². The third-order valence-corrected chi connectivity index (χ3v) is 2.19. The van der Waals surface area contributed by atoms with Crippen molar-refractivity contribution in [2.24, 2.45) is 0 Å². The first kappa shape index (κ1) is 10.8. The quantitative estimate of drug-likeness (QED) is 0.859. The molecule has 0 unspecified atom stereocenters. The van der Waals surface area contributed by atoms with Crippen molar-refractivity contribution in [2.45, 2.75) is 20.0 Å². The Morgan fingerprint density at radius 2 is 2.00 bits per heavy atom. The van der Waals surface area contributed by atoms with Crippen molar-refractivity contribution < 1.29 is 8.81 Å². The van der Waals surface area contributed by atoms with Gasteiger partial charge in [-0.25, -0.2) is 9.37 Å². The highest BCUT2D eigenvalue weighted by Gasteiger charge is 1.99. The molecule has 0 atom stereocenters. The largest absolute Gasteiger partial charge is 0.445 e. The molecule has 84 valence electrons. The maximum atomic E-state index is 12.6. The summed E-state index contributed by atoms with van der Waals surface area (Å²) in [5.41, 5.74) is 1.03. The SMILES string of the molecule is Cc1cnc(CNCc2ccc(F)cc2)o1. The summed E-state index contributed by atoms with van der Waals surface area (Å²) in [5, 5.41) is 3.17. The molecule has 0 aliphatic heterocycles. The van der Waals surface area contributed by atoms with Crippen LogP contribution in [-0.2, 0) is 13.1 Å². The van der Waals surface area contributed by atoms with Crippen LogP contribution in [0.5, 0.6) is 0 Å². The van der Waals surface area contributed by atoms with Crippen molar-refractivity contribution in [3.05, 3.63) is 53.5 Å². The van der Waals surface area contributed by atoms with Crippen LogP contribution in [0.1, 0.15) is 17.2 Å². The zero-order valence-corrected chi connectivity index (χ0v) is 9.03. The fourth-order valence-electron chi connectivity index (χ4n) is 1.40. The van der Waals surface area contributed by atoms with Crippen LogP contribution in [0.3, 0.4) is 0 Å². The minimum atomic E-state index is -0.216. The number of aryl methyl sites for hydroxylation is 1. The first-order chi connectivity index (χ1) is 7.74. The van der Waals surface area contributed by atoms with Gasteiger partial charge in [0.1, 0.15) is 11.6 Å². The molecule has 2 rings (SSSR count). The lowest BCUT2D eigenvalue weighted by molar-refractivity contribution is 0.449. The molecular weight excluding hydrogens is 207 g/mol. The molecule has 3 nitrogen and oxygen atoms in total. The van der Waals surface area contributed by atoms with Gasteiger partial charge in [0, 0.05) is 6.54 Å². The van der Waals surface area contributed by atoms with Crippen molar-refractivity contribution in [1.29, 1.82) is 0 Å². The van der Waals surface area contributed by atoms with Crippen LogP contribution in [0.4, 0.5) is 4.39 Å². The summed E-state index contributed by atoms with van der Waals surface area (Å²) in [6, 6.07) is 6.41. The van der Waals surface area contributed by atoms with Gasteiger partial charge in [0.25, 0.3) is 0 Å². The van der Waals surface area contributed by atoms with E-state index in [4.69, 9.17) is 4.42 Å². The summed E-state index contributed by atoms with van der Waals surface area (Å²) in [5.74, 6) is 1.25. The molecule has 1 aromatic carbocycles. The van der Waals surface area contributed by atoms with Gasteiger partial charge in [0.15, 0.2) is 0 Å². The molecule has 2 aromatic rings. The first-order valence-electron chi connectivity index (χ1n) is 5.10. The van der Waals surface area contributed by atoms with E-state index >= 15 is 0 Å². The molecule has 0 spiro atoms. The number of nitrogens with one attached hydrogen (secondary N) is 1. The maximum absolute atomic E-state index is 12.6. The highest BCUT2D eigenvalue weighted by atomic mass is 19.1. The fraction of sp³-hybridized carbons (Fsp3) is 0.250. The third-order valence-electron chi connectivity index (χ3n) is 2.19. The number of nitrogens with zero attached hydrogens (tertiary/aromatic N) is 1. The molecule has 0 aliphatic rings. The number of rotatable bonds is 4. The molecule has 0 saturated carbocycles. The van der Waals surface area contributed by atoms with E-state index in [-0.39, 0.29) is 5.82 Å². The van der Waals surface area contributed by atoms with Gasteiger partial charge in [-0.2, -0.15) is 0 Å². The van der Waals surface area contributed by atoms with Crippen molar-refractivity contribution in [3.63, 3.8) is 0 Å². The lowest BCUT2D eigenvalue weighted by Crippen LogP contribution is -2.12. The Morgan fingerprint density at radius 1 is 1.25 bits per heavy atom. The molecule has 1 heterocycles. The molecule has 1 N–H and O–H groups in total. The van der Waals surface area contributed by atoms with Crippen LogP contribution in [0.25, 0.3) is 0 Å². The van der Waals surface area contributed by atoms with Gasteiger partial charge in [-0.15, -0.1) is 0 Å². The lowest BCUT2D eigenvalue weighted by atomic mass is 10.2. The summed E-state index contributed by atoms with van der Waals surface area (Å²) in [7, 11) is 0. The second kappa shape index (κ2) is 4.90. The summed E-state index contributed by atoms with van der Waals surface area (Å²) in [6.45, 7) is 3.10. The van der Waals surface area contributed by atoms with E-state index < -0.39 is 0 Å². The Hall–Kier alpha value is -1.68. The second-order valence-electron chi connectivity index (χ2n) is 3.59. The standard InChI is InChI=1S/C12H13FN2O/c1-9-6-15-12(16-9)8-14-7-10-2-4-11(13)5-3-10/h2-6,14H,7-8H2,1H3. The lowest BCUT2D eigenvalue weighted by Gasteiger charge is -2.02. The monoisotopic (exact) mass is 220 g/mol. The average molecular weight is 220 g/mol. The van der Waals surface area contributed by atoms with E-state index in [2.05, 4.69) is 10.3 Å². The van der Waals surface area contributed by atoms with E-state index in [0.29, 0.717) is 19.0 Å². The molecular formula is C12H13FN2O.